The first-order chi connectivity index (χ1) is 13.0. The second-order valence-corrected chi connectivity index (χ2v) is 6.77. The number of nitrogens with zero attached hydrogens (tertiary/aromatic N) is 3. The Hall–Kier alpha value is -2.80. The molecule has 0 radical (unpaired) electrons. The molecule has 3 rings (SSSR count). The van der Waals surface area contributed by atoms with Gasteiger partial charge < -0.3 is 20.4 Å². The SMILES string of the molecule is C[C@H](NC(=O)N1CCN(c2cccc(Cl)c2)CC1)C(=O)Nc1ccccn1. The van der Waals surface area contributed by atoms with Crippen LogP contribution in [0.15, 0.2) is 48.7 Å². The molecule has 3 amide bonds. The van der Waals surface area contributed by atoms with Crippen molar-refractivity contribution in [1.82, 2.24) is 15.2 Å². The normalized spacial score (nSPS) is 15.2. The van der Waals surface area contributed by atoms with Crippen molar-refractivity contribution in [3.63, 3.8) is 0 Å². The van der Waals surface area contributed by atoms with E-state index in [0.29, 0.717) is 37.0 Å². The van der Waals surface area contributed by atoms with Crippen LogP contribution >= 0.6 is 11.6 Å². The predicted octanol–water partition coefficient (Wildman–Crippen LogP) is 2.59. The van der Waals surface area contributed by atoms with E-state index in [4.69, 9.17) is 11.6 Å². The Bertz CT molecular complexity index is 794. The maximum Gasteiger partial charge on any atom is 0.318 e. The van der Waals surface area contributed by atoms with E-state index in [2.05, 4.69) is 20.5 Å². The summed E-state index contributed by atoms with van der Waals surface area (Å²) in [5.41, 5.74) is 1.05. The summed E-state index contributed by atoms with van der Waals surface area (Å²) < 4.78 is 0. The van der Waals surface area contributed by atoms with E-state index in [1.807, 2.05) is 24.3 Å². The molecule has 0 unspecified atom stereocenters. The number of benzene rings is 1. The summed E-state index contributed by atoms with van der Waals surface area (Å²) >= 11 is 6.04. The molecule has 0 bridgehead atoms. The summed E-state index contributed by atoms with van der Waals surface area (Å²) in [4.78, 5) is 32.6. The molecule has 8 heteroatoms. The molecule has 1 aliphatic rings. The van der Waals surface area contributed by atoms with Crippen LogP contribution in [0.1, 0.15) is 6.92 Å². The molecule has 27 heavy (non-hydrogen) atoms. The number of pyridine rings is 1. The minimum Gasteiger partial charge on any atom is -0.368 e. The number of aromatic nitrogens is 1. The Morgan fingerprint density at radius 1 is 1.11 bits per heavy atom. The quantitative estimate of drug-likeness (QED) is 0.845. The molecule has 0 saturated carbocycles. The highest BCUT2D eigenvalue weighted by atomic mass is 35.5. The Morgan fingerprint density at radius 3 is 2.56 bits per heavy atom. The standard InChI is InChI=1S/C19H22ClN5O2/c1-14(18(26)23-17-7-2-3-8-21-17)22-19(27)25-11-9-24(10-12-25)16-6-4-5-15(20)13-16/h2-8,13-14H,9-12H2,1H3,(H,22,27)(H,21,23,26)/t14-/m0/s1. The van der Waals surface area contributed by atoms with Crippen LogP contribution in [0.25, 0.3) is 0 Å². The zero-order valence-electron chi connectivity index (χ0n) is 15.1. The first-order valence-electron chi connectivity index (χ1n) is 8.81. The number of hydrogen-bond acceptors (Lipinski definition) is 4. The van der Waals surface area contributed by atoms with Crippen molar-refractivity contribution in [2.45, 2.75) is 13.0 Å². The lowest BCUT2D eigenvalue weighted by Crippen LogP contribution is -2.54. The minimum atomic E-state index is -0.662. The van der Waals surface area contributed by atoms with Crippen molar-refractivity contribution in [3.05, 3.63) is 53.7 Å². The average molecular weight is 388 g/mol. The molecular weight excluding hydrogens is 366 g/mol. The van der Waals surface area contributed by atoms with E-state index < -0.39 is 6.04 Å². The van der Waals surface area contributed by atoms with Crippen molar-refractivity contribution in [3.8, 4) is 0 Å². The molecule has 1 aromatic carbocycles. The van der Waals surface area contributed by atoms with Gasteiger partial charge in [-0.2, -0.15) is 0 Å². The highest BCUT2D eigenvalue weighted by Crippen LogP contribution is 2.20. The Kier molecular flexibility index (Phi) is 6.13. The third kappa shape index (κ3) is 5.10. The first-order valence-corrected chi connectivity index (χ1v) is 9.18. The molecule has 142 valence electrons. The minimum absolute atomic E-state index is 0.246. The predicted molar refractivity (Wildman–Crippen MR) is 106 cm³/mol. The van der Waals surface area contributed by atoms with Gasteiger partial charge in [-0.3, -0.25) is 4.79 Å². The summed E-state index contributed by atoms with van der Waals surface area (Å²) in [7, 11) is 0. The molecule has 1 saturated heterocycles. The van der Waals surface area contributed by atoms with Crippen LogP contribution < -0.4 is 15.5 Å². The van der Waals surface area contributed by atoms with E-state index in [-0.39, 0.29) is 11.9 Å². The number of carbonyl (C=O) groups is 2. The number of anilines is 2. The third-order valence-corrected chi connectivity index (χ3v) is 4.62. The summed E-state index contributed by atoms with van der Waals surface area (Å²) in [6.07, 6.45) is 1.60. The highest BCUT2D eigenvalue weighted by molar-refractivity contribution is 6.30. The fourth-order valence-electron chi connectivity index (χ4n) is 2.85. The number of hydrogen-bond donors (Lipinski definition) is 2. The Morgan fingerprint density at radius 2 is 1.89 bits per heavy atom. The topological polar surface area (TPSA) is 77.6 Å². The number of piperazine rings is 1. The number of urea groups is 1. The molecule has 1 aliphatic heterocycles. The van der Waals surface area contributed by atoms with Crippen LogP contribution in [0.5, 0.6) is 0 Å². The van der Waals surface area contributed by atoms with Gasteiger partial charge in [0.1, 0.15) is 11.9 Å². The summed E-state index contributed by atoms with van der Waals surface area (Å²) in [5.74, 6) is 0.151. The fraction of sp³-hybridized carbons (Fsp3) is 0.316. The molecule has 0 aliphatic carbocycles. The van der Waals surface area contributed by atoms with Crippen molar-refractivity contribution in [2.24, 2.45) is 0 Å². The van der Waals surface area contributed by atoms with Crippen LogP contribution in [0.2, 0.25) is 5.02 Å². The van der Waals surface area contributed by atoms with Gasteiger partial charge in [0.25, 0.3) is 0 Å². The third-order valence-electron chi connectivity index (χ3n) is 4.39. The number of carbonyl (C=O) groups excluding carboxylic acids is 2. The zero-order chi connectivity index (χ0) is 19.2. The second kappa shape index (κ2) is 8.73. The lowest BCUT2D eigenvalue weighted by molar-refractivity contribution is -0.117. The Balaban J connectivity index is 1.48. The monoisotopic (exact) mass is 387 g/mol. The fourth-order valence-corrected chi connectivity index (χ4v) is 3.04. The van der Waals surface area contributed by atoms with Gasteiger partial charge in [0.05, 0.1) is 0 Å². The average Bonchev–Trinajstić information content (AvgIpc) is 2.69. The van der Waals surface area contributed by atoms with Crippen LogP contribution in [0.4, 0.5) is 16.3 Å². The molecule has 2 N–H and O–H groups in total. The molecule has 2 aromatic rings. The van der Waals surface area contributed by atoms with Crippen LogP contribution in [-0.4, -0.2) is 54.0 Å². The van der Waals surface area contributed by atoms with E-state index in [9.17, 15) is 9.59 Å². The molecule has 1 atom stereocenters. The lowest BCUT2D eigenvalue weighted by Gasteiger charge is -2.36. The Labute approximate surface area is 163 Å². The molecule has 1 aromatic heterocycles. The molecule has 7 nitrogen and oxygen atoms in total. The smallest absolute Gasteiger partial charge is 0.318 e. The van der Waals surface area contributed by atoms with Crippen molar-refractivity contribution in [2.75, 3.05) is 36.4 Å². The van der Waals surface area contributed by atoms with Crippen molar-refractivity contribution in [1.29, 1.82) is 0 Å². The maximum atomic E-state index is 12.4. The molecular formula is C19H22ClN5O2. The van der Waals surface area contributed by atoms with Crippen LogP contribution in [0, 0.1) is 0 Å². The number of amides is 3. The first kappa shape index (κ1) is 19.0. The maximum absolute atomic E-state index is 12.4. The highest BCUT2D eigenvalue weighted by Gasteiger charge is 2.24. The van der Waals surface area contributed by atoms with Gasteiger partial charge >= 0.3 is 6.03 Å². The summed E-state index contributed by atoms with van der Waals surface area (Å²) in [5, 5.41) is 6.12. The van der Waals surface area contributed by atoms with E-state index in [1.165, 1.54) is 0 Å². The molecule has 2 heterocycles. The van der Waals surface area contributed by atoms with Gasteiger partial charge in [0, 0.05) is 43.1 Å². The van der Waals surface area contributed by atoms with Gasteiger partial charge in [-0.25, -0.2) is 9.78 Å². The zero-order valence-corrected chi connectivity index (χ0v) is 15.8. The van der Waals surface area contributed by atoms with Crippen molar-refractivity contribution < 1.29 is 9.59 Å². The van der Waals surface area contributed by atoms with Crippen molar-refractivity contribution >= 4 is 35.0 Å². The van der Waals surface area contributed by atoms with Crippen LogP contribution in [-0.2, 0) is 4.79 Å². The van der Waals surface area contributed by atoms with E-state index >= 15 is 0 Å². The second-order valence-electron chi connectivity index (χ2n) is 6.33. The van der Waals surface area contributed by atoms with E-state index in [0.717, 1.165) is 5.69 Å². The molecule has 1 fully saturated rings. The van der Waals surface area contributed by atoms with Gasteiger partial charge in [-0.05, 0) is 37.3 Å². The largest absolute Gasteiger partial charge is 0.368 e. The number of halogens is 1. The summed E-state index contributed by atoms with van der Waals surface area (Å²) in [6, 6.07) is 12.0. The van der Waals surface area contributed by atoms with Gasteiger partial charge in [-0.1, -0.05) is 23.7 Å². The number of nitrogens with one attached hydrogen (secondary N) is 2. The van der Waals surface area contributed by atoms with Gasteiger partial charge in [-0.15, -0.1) is 0 Å². The molecule has 0 spiro atoms. The van der Waals surface area contributed by atoms with Gasteiger partial charge in [0.2, 0.25) is 5.91 Å². The lowest BCUT2D eigenvalue weighted by atomic mass is 10.2. The summed E-state index contributed by atoms with van der Waals surface area (Å²) in [6.45, 7) is 4.22. The van der Waals surface area contributed by atoms with E-state index in [1.54, 1.807) is 36.2 Å². The number of rotatable bonds is 4. The van der Waals surface area contributed by atoms with Crippen LogP contribution in [0.3, 0.4) is 0 Å². The van der Waals surface area contributed by atoms with Gasteiger partial charge in [0.15, 0.2) is 0 Å².